The number of esters is 1. The molecular formula is C14H21O5P. The fourth-order valence-electron chi connectivity index (χ4n) is 1.80. The lowest BCUT2D eigenvalue weighted by Gasteiger charge is -2.18. The lowest BCUT2D eigenvalue weighted by molar-refractivity contribution is 0.0525. The van der Waals surface area contributed by atoms with Crippen LogP contribution in [0.3, 0.4) is 0 Å². The van der Waals surface area contributed by atoms with E-state index in [1.54, 1.807) is 45.0 Å². The SMILES string of the molecule is CCOC(=O)c1ccccc1CP(=O)(OCC)OCC. The van der Waals surface area contributed by atoms with Gasteiger partial charge in [-0.3, -0.25) is 4.57 Å². The van der Waals surface area contributed by atoms with E-state index in [1.165, 1.54) is 0 Å². The number of carbonyl (C=O) groups excluding carboxylic acids is 1. The van der Waals surface area contributed by atoms with E-state index in [-0.39, 0.29) is 6.16 Å². The van der Waals surface area contributed by atoms with E-state index in [1.807, 2.05) is 0 Å². The van der Waals surface area contributed by atoms with Gasteiger partial charge in [0.25, 0.3) is 0 Å². The molecule has 0 saturated carbocycles. The van der Waals surface area contributed by atoms with Gasteiger partial charge in [0.15, 0.2) is 0 Å². The van der Waals surface area contributed by atoms with Gasteiger partial charge in [-0.1, -0.05) is 18.2 Å². The monoisotopic (exact) mass is 300 g/mol. The Bertz CT molecular complexity index is 476. The van der Waals surface area contributed by atoms with Crippen molar-refractivity contribution in [3.63, 3.8) is 0 Å². The molecule has 112 valence electrons. The van der Waals surface area contributed by atoms with Crippen LogP contribution in [0.5, 0.6) is 0 Å². The summed E-state index contributed by atoms with van der Waals surface area (Å²) in [6.07, 6.45) is 0.0592. The molecule has 0 atom stereocenters. The Labute approximate surface area is 119 Å². The number of rotatable bonds is 8. The van der Waals surface area contributed by atoms with Crippen molar-refractivity contribution in [1.82, 2.24) is 0 Å². The first kappa shape index (κ1) is 16.9. The predicted octanol–water partition coefficient (Wildman–Crippen LogP) is 3.63. The summed E-state index contributed by atoms with van der Waals surface area (Å²) in [5, 5.41) is 0. The smallest absolute Gasteiger partial charge is 0.338 e. The summed E-state index contributed by atoms with van der Waals surface area (Å²) in [6.45, 7) is 6.12. The summed E-state index contributed by atoms with van der Waals surface area (Å²) in [5.41, 5.74) is 1.00. The maximum atomic E-state index is 12.5. The third kappa shape index (κ3) is 4.75. The molecule has 0 amide bonds. The Hall–Kier alpha value is -1.16. The van der Waals surface area contributed by atoms with Crippen molar-refractivity contribution in [1.29, 1.82) is 0 Å². The maximum Gasteiger partial charge on any atom is 0.338 e. The molecule has 0 N–H and O–H groups in total. The molecule has 0 radical (unpaired) electrons. The fourth-order valence-corrected chi connectivity index (χ4v) is 3.53. The average molecular weight is 300 g/mol. The second-order valence-electron chi connectivity index (χ2n) is 3.98. The van der Waals surface area contributed by atoms with Gasteiger partial charge in [0.2, 0.25) is 0 Å². The molecule has 0 heterocycles. The van der Waals surface area contributed by atoms with E-state index < -0.39 is 13.6 Å². The molecule has 0 bridgehead atoms. The molecule has 0 aromatic heterocycles. The van der Waals surface area contributed by atoms with E-state index >= 15 is 0 Å². The second kappa shape index (κ2) is 8.20. The van der Waals surface area contributed by atoms with Gasteiger partial charge in [-0.25, -0.2) is 4.79 Å². The zero-order chi connectivity index (χ0) is 15.0. The molecule has 0 aliphatic heterocycles. The fraction of sp³-hybridized carbons (Fsp3) is 0.500. The highest BCUT2D eigenvalue weighted by atomic mass is 31.2. The summed E-state index contributed by atoms with van der Waals surface area (Å²) >= 11 is 0. The van der Waals surface area contributed by atoms with Crippen molar-refractivity contribution in [3.05, 3.63) is 35.4 Å². The average Bonchev–Trinajstić information content (AvgIpc) is 2.40. The molecule has 0 aliphatic rings. The van der Waals surface area contributed by atoms with E-state index in [9.17, 15) is 9.36 Å². The van der Waals surface area contributed by atoms with Crippen LogP contribution in [0.25, 0.3) is 0 Å². The normalized spacial score (nSPS) is 11.3. The quantitative estimate of drug-likeness (QED) is 0.542. The number of carbonyl (C=O) groups is 1. The summed E-state index contributed by atoms with van der Waals surface area (Å²) < 4.78 is 28.0. The minimum Gasteiger partial charge on any atom is -0.462 e. The van der Waals surface area contributed by atoms with Crippen LogP contribution in [-0.4, -0.2) is 25.8 Å². The molecule has 0 saturated heterocycles. The lowest BCUT2D eigenvalue weighted by atomic mass is 10.1. The Kier molecular flexibility index (Phi) is 6.93. The van der Waals surface area contributed by atoms with Gasteiger partial charge in [-0.2, -0.15) is 0 Å². The highest BCUT2D eigenvalue weighted by Crippen LogP contribution is 2.51. The van der Waals surface area contributed by atoms with Crippen LogP contribution in [0.15, 0.2) is 24.3 Å². The van der Waals surface area contributed by atoms with Crippen molar-refractivity contribution in [2.24, 2.45) is 0 Å². The summed E-state index contributed by atoms with van der Waals surface area (Å²) in [4.78, 5) is 11.9. The summed E-state index contributed by atoms with van der Waals surface area (Å²) in [5.74, 6) is -0.428. The minimum absolute atomic E-state index is 0.0592. The largest absolute Gasteiger partial charge is 0.462 e. The van der Waals surface area contributed by atoms with Gasteiger partial charge in [0.1, 0.15) is 0 Å². The highest BCUT2D eigenvalue weighted by molar-refractivity contribution is 7.53. The van der Waals surface area contributed by atoms with Crippen LogP contribution < -0.4 is 0 Å². The van der Waals surface area contributed by atoms with Gasteiger partial charge < -0.3 is 13.8 Å². The van der Waals surface area contributed by atoms with Gasteiger partial charge >= 0.3 is 13.6 Å². The van der Waals surface area contributed by atoms with Crippen LogP contribution in [0.4, 0.5) is 0 Å². The minimum atomic E-state index is -3.23. The van der Waals surface area contributed by atoms with Gasteiger partial charge in [0, 0.05) is 0 Å². The standard InChI is InChI=1S/C14H21O5P/c1-4-17-14(15)13-10-8-7-9-12(13)11-20(16,18-5-2)19-6-3/h7-10H,4-6,11H2,1-3H3. The van der Waals surface area contributed by atoms with Crippen LogP contribution in [-0.2, 0) is 24.5 Å². The topological polar surface area (TPSA) is 61.8 Å². The molecule has 0 aliphatic carbocycles. The van der Waals surface area contributed by atoms with Crippen molar-refractivity contribution < 1.29 is 23.1 Å². The Balaban J connectivity index is 3.01. The van der Waals surface area contributed by atoms with Gasteiger partial charge in [-0.05, 0) is 32.4 Å². The second-order valence-corrected chi connectivity index (χ2v) is 6.04. The molecule has 1 aromatic carbocycles. The van der Waals surface area contributed by atoms with E-state index in [0.29, 0.717) is 30.9 Å². The molecule has 0 spiro atoms. The molecule has 0 fully saturated rings. The lowest BCUT2D eigenvalue weighted by Crippen LogP contribution is -2.09. The van der Waals surface area contributed by atoms with Crippen LogP contribution in [0.1, 0.15) is 36.7 Å². The Morgan fingerprint density at radius 1 is 1.05 bits per heavy atom. The van der Waals surface area contributed by atoms with Crippen molar-refractivity contribution in [3.8, 4) is 0 Å². The van der Waals surface area contributed by atoms with E-state index in [0.717, 1.165) is 0 Å². The van der Waals surface area contributed by atoms with E-state index in [2.05, 4.69) is 0 Å². The van der Waals surface area contributed by atoms with Crippen molar-refractivity contribution in [2.45, 2.75) is 26.9 Å². The third-order valence-corrected chi connectivity index (χ3v) is 4.56. The van der Waals surface area contributed by atoms with Crippen LogP contribution in [0.2, 0.25) is 0 Å². The van der Waals surface area contributed by atoms with Gasteiger partial charge in [0.05, 0.1) is 31.5 Å². The first-order chi connectivity index (χ1) is 9.56. The molecular weight excluding hydrogens is 279 g/mol. The van der Waals surface area contributed by atoms with Gasteiger partial charge in [-0.15, -0.1) is 0 Å². The maximum absolute atomic E-state index is 12.5. The van der Waals surface area contributed by atoms with Crippen molar-refractivity contribution in [2.75, 3.05) is 19.8 Å². The summed E-state index contributed by atoms with van der Waals surface area (Å²) in [7, 11) is -3.23. The zero-order valence-electron chi connectivity index (χ0n) is 12.1. The molecule has 5 nitrogen and oxygen atoms in total. The van der Waals surface area contributed by atoms with Crippen LogP contribution in [0, 0.1) is 0 Å². The van der Waals surface area contributed by atoms with Crippen molar-refractivity contribution >= 4 is 13.6 Å². The molecule has 1 aromatic rings. The third-order valence-electron chi connectivity index (χ3n) is 2.53. The first-order valence-electron chi connectivity index (χ1n) is 6.69. The van der Waals surface area contributed by atoms with E-state index in [4.69, 9.17) is 13.8 Å². The number of benzene rings is 1. The Morgan fingerprint density at radius 3 is 2.20 bits per heavy atom. The Morgan fingerprint density at radius 2 is 1.65 bits per heavy atom. The predicted molar refractivity (Wildman–Crippen MR) is 77.0 cm³/mol. The molecule has 6 heteroatoms. The molecule has 0 unspecified atom stereocenters. The number of hydrogen-bond donors (Lipinski definition) is 0. The number of hydrogen-bond acceptors (Lipinski definition) is 5. The number of ether oxygens (including phenoxy) is 1. The first-order valence-corrected chi connectivity index (χ1v) is 8.42. The molecule has 1 rings (SSSR count). The van der Waals surface area contributed by atoms with Crippen LogP contribution >= 0.6 is 7.60 Å². The molecule has 20 heavy (non-hydrogen) atoms. The summed E-state index contributed by atoms with van der Waals surface area (Å²) in [6, 6.07) is 6.90. The zero-order valence-corrected chi connectivity index (χ0v) is 13.0. The highest BCUT2D eigenvalue weighted by Gasteiger charge is 2.26.